The molecule has 1 fully saturated rings. The van der Waals surface area contributed by atoms with E-state index in [1.165, 1.54) is 24.2 Å². The molecule has 0 aliphatic carbocycles. The van der Waals surface area contributed by atoms with E-state index < -0.39 is 0 Å². The summed E-state index contributed by atoms with van der Waals surface area (Å²) >= 11 is 8.22. The Bertz CT molecular complexity index is 383. The highest BCUT2D eigenvalue weighted by molar-refractivity contribution is 9.13. The predicted molar refractivity (Wildman–Crippen MR) is 77.7 cm³/mol. The fourth-order valence-corrected chi connectivity index (χ4v) is 3.86. The minimum absolute atomic E-state index is 0.0133. The molecule has 3 nitrogen and oxygen atoms in total. The first kappa shape index (κ1) is 13.5. The van der Waals surface area contributed by atoms with E-state index in [0.29, 0.717) is 6.04 Å². The fraction of sp³-hybridized carbons (Fsp3) is 0.545. The number of carbonyl (C=O) groups excluding carboxylic acids is 1. The summed E-state index contributed by atoms with van der Waals surface area (Å²) in [6.07, 6.45) is 3.49. The Morgan fingerprint density at radius 3 is 3.00 bits per heavy atom. The van der Waals surface area contributed by atoms with E-state index in [-0.39, 0.29) is 5.91 Å². The molecule has 0 aromatic carbocycles. The van der Waals surface area contributed by atoms with E-state index in [2.05, 4.69) is 42.5 Å². The van der Waals surface area contributed by atoms with Crippen LogP contribution in [0, 0.1) is 0 Å². The molecule has 1 aliphatic rings. The second-order valence-corrected chi connectivity index (χ2v) is 7.29. The van der Waals surface area contributed by atoms with Crippen LogP contribution in [0.25, 0.3) is 0 Å². The first-order valence-corrected chi connectivity index (χ1v) is 8.03. The Labute approximate surface area is 122 Å². The minimum Gasteiger partial charge on any atom is -0.351 e. The summed E-state index contributed by atoms with van der Waals surface area (Å²) in [4.78, 5) is 12.6. The Balaban J connectivity index is 1.76. The average Bonchev–Trinajstić information content (AvgIpc) is 2.90. The number of carbonyl (C=O) groups is 1. The van der Waals surface area contributed by atoms with Crippen molar-refractivity contribution in [2.24, 2.45) is 0 Å². The van der Waals surface area contributed by atoms with Crippen LogP contribution in [0.3, 0.4) is 0 Å². The zero-order valence-corrected chi connectivity index (χ0v) is 13.3. The highest BCUT2D eigenvalue weighted by atomic mass is 79.9. The van der Waals surface area contributed by atoms with E-state index >= 15 is 0 Å². The van der Waals surface area contributed by atoms with Gasteiger partial charge in [-0.15, -0.1) is 11.3 Å². The summed E-state index contributed by atoms with van der Waals surface area (Å²) < 4.78 is 1.89. The van der Waals surface area contributed by atoms with Gasteiger partial charge in [0.2, 0.25) is 0 Å². The SMILES string of the molecule is O=C(NCC[C@@H]1CCCN1)c1cc(Br)c(Br)s1. The molecule has 1 aromatic heterocycles. The van der Waals surface area contributed by atoms with Crippen molar-refractivity contribution in [3.05, 3.63) is 19.2 Å². The third-order valence-corrected chi connectivity index (χ3v) is 6.06. The first-order valence-electron chi connectivity index (χ1n) is 5.63. The first-order chi connectivity index (χ1) is 8.16. The molecule has 17 heavy (non-hydrogen) atoms. The Hall–Kier alpha value is 0.0900. The summed E-state index contributed by atoms with van der Waals surface area (Å²) in [7, 11) is 0. The van der Waals surface area contributed by atoms with Crippen molar-refractivity contribution in [2.45, 2.75) is 25.3 Å². The maximum atomic E-state index is 11.8. The van der Waals surface area contributed by atoms with Crippen molar-refractivity contribution < 1.29 is 4.79 Å². The lowest BCUT2D eigenvalue weighted by Crippen LogP contribution is -2.30. The summed E-state index contributed by atoms with van der Waals surface area (Å²) in [6.45, 7) is 1.85. The summed E-state index contributed by atoms with van der Waals surface area (Å²) in [5, 5.41) is 6.38. The normalized spacial score (nSPS) is 19.5. The van der Waals surface area contributed by atoms with Gasteiger partial charge in [-0.05, 0) is 63.7 Å². The van der Waals surface area contributed by atoms with Crippen molar-refractivity contribution in [2.75, 3.05) is 13.1 Å². The van der Waals surface area contributed by atoms with Crippen molar-refractivity contribution >= 4 is 49.1 Å². The van der Waals surface area contributed by atoms with Crippen LogP contribution in [-0.4, -0.2) is 25.0 Å². The van der Waals surface area contributed by atoms with Crippen LogP contribution in [-0.2, 0) is 0 Å². The topological polar surface area (TPSA) is 41.1 Å². The minimum atomic E-state index is 0.0133. The molecule has 2 N–H and O–H groups in total. The largest absolute Gasteiger partial charge is 0.351 e. The molecule has 0 saturated carbocycles. The molecule has 94 valence electrons. The lowest BCUT2D eigenvalue weighted by Gasteiger charge is -2.09. The number of amides is 1. The van der Waals surface area contributed by atoms with Crippen LogP contribution >= 0.6 is 43.2 Å². The van der Waals surface area contributed by atoms with Gasteiger partial charge < -0.3 is 10.6 Å². The van der Waals surface area contributed by atoms with Gasteiger partial charge in [0.15, 0.2) is 0 Å². The molecule has 1 atom stereocenters. The number of hydrogen-bond acceptors (Lipinski definition) is 3. The lowest BCUT2D eigenvalue weighted by atomic mass is 10.1. The van der Waals surface area contributed by atoms with Crippen LogP contribution in [0.5, 0.6) is 0 Å². The van der Waals surface area contributed by atoms with Gasteiger partial charge in [0.1, 0.15) is 0 Å². The highest BCUT2D eigenvalue weighted by Gasteiger charge is 2.15. The van der Waals surface area contributed by atoms with E-state index in [1.54, 1.807) is 0 Å². The second kappa shape index (κ2) is 6.31. The number of halogens is 2. The molecule has 1 aliphatic heterocycles. The lowest BCUT2D eigenvalue weighted by molar-refractivity contribution is 0.0956. The zero-order valence-electron chi connectivity index (χ0n) is 9.26. The van der Waals surface area contributed by atoms with Gasteiger partial charge in [-0.2, -0.15) is 0 Å². The van der Waals surface area contributed by atoms with Gasteiger partial charge >= 0.3 is 0 Å². The maximum Gasteiger partial charge on any atom is 0.261 e. The van der Waals surface area contributed by atoms with Crippen molar-refractivity contribution in [1.29, 1.82) is 0 Å². The molecule has 0 spiro atoms. The standard InChI is InChI=1S/C11H14Br2N2OS/c12-8-6-9(17-10(8)13)11(16)15-5-3-7-2-1-4-14-7/h6-7,14H,1-5H2,(H,15,16)/t7-/m0/s1. The monoisotopic (exact) mass is 380 g/mol. The molecule has 2 heterocycles. The molecule has 0 radical (unpaired) electrons. The molecule has 0 bridgehead atoms. The van der Waals surface area contributed by atoms with Crippen LogP contribution < -0.4 is 10.6 Å². The van der Waals surface area contributed by atoms with Crippen LogP contribution in [0.2, 0.25) is 0 Å². The van der Waals surface area contributed by atoms with Gasteiger partial charge in [-0.1, -0.05) is 0 Å². The molecule has 6 heteroatoms. The van der Waals surface area contributed by atoms with Gasteiger partial charge in [-0.25, -0.2) is 0 Å². The third-order valence-electron chi connectivity index (χ3n) is 2.81. The summed E-state index contributed by atoms with van der Waals surface area (Å²) in [5.41, 5.74) is 0. The van der Waals surface area contributed by atoms with Crippen LogP contribution in [0.1, 0.15) is 28.9 Å². The van der Waals surface area contributed by atoms with E-state index in [4.69, 9.17) is 0 Å². The Morgan fingerprint density at radius 1 is 1.59 bits per heavy atom. The number of nitrogens with one attached hydrogen (secondary N) is 2. The van der Waals surface area contributed by atoms with E-state index in [0.717, 1.165) is 32.6 Å². The third kappa shape index (κ3) is 3.77. The van der Waals surface area contributed by atoms with E-state index in [1.807, 2.05) is 6.07 Å². The quantitative estimate of drug-likeness (QED) is 0.841. The molecule has 0 unspecified atom stereocenters. The number of rotatable bonds is 4. The molecule has 1 aromatic rings. The van der Waals surface area contributed by atoms with Gasteiger partial charge in [-0.3, -0.25) is 4.79 Å². The highest BCUT2D eigenvalue weighted by Crippen LogP contribution is 2.32. The molecule has 2 rings (SSSR count). The van der Waals surface area contributed by atoms with Crippen LogP contribution in [0.4, 0.5) is 0 Å². The predicted octanol–water partition coefficient (Wildman–Crippen LogP) is 3.15. The van der Waals surface area contributed by atoms with Crippen LogP contribution in [0.15, 0.2) is 14.3 Å². The van der Waals surface area contributed by atoms with Gasteiger partial charge in [0.05, 0.1) is 8.66 Å². The van der Waals surface area contributed by atoms with Gasteiger partial charge in [0.25, 0.3) is 5.91 Å². The Kier molecular flexibility index (Phi) is 5.02. The zero-order chi connectivity index (χ0) is 12.3. The number of thiophene rings is 1. The fourth-order valence-electron chi connectivity index (χ4n) is 1.91. The Morgan fingerprint density at radius 2 is 2.41 bits per heavy atom. The molecular formula is C11H14Br2N2OS. The summed E-state index contributed by atoms with van der Waals surface area (Å²) in [6, 6.07) is 2.43. The molecule has 1 amide bonds. The van der Waals surface area contributed by atoms with E-state index in [9.17, 15) is 4.79 Å². The van der Waals surface area contributed by atoms with Crippen molar-refractivity contribution in [1.82, 2.24) is 10.6 Å². The van der Waals surface area contributed by atoms with Crippen molar-refractivity contribution in [3.8, 4) is 0 Å². The number of hydrogen-bond donors (Lipinski definition) is 2. The smallest absolute Gasteiger partial charge is 0.261 e. The van der Waals surface area contributed by atoms with Crippen molar-refractivity contribution in [3.63, 3.8) is 0 Å². The second-order valence-electron chi connectivity index (χ2n) is 4.07. The molecular weight excluding hydrogens is 368 g/mol. The van der Waals surface area contributed by atoms with Gasteiger partial charge in [0, 0.05) is 17.1 Å². The summed E-state index contributed by atoms with van der Waals surface area (Å²) in [5.74, 6) is 0.0133. The average molecular weight is 382 g/mol. The molecule has 1 saturated heterocycles. The maximum absolute atomic E-state index is 11.8.